The first-order valence-electron chi connectivity index (χ1n) is 8.95. The molecule has 1 aliphatic heterocycles. The van der Waals surface area contributed by atoms with Gasteiger partial charge in [-0.2, -0.15) is 0 Å². The van der Waals surface area contributed by atoms with E-state index in [0.29, 0.717) is 17.1 Å². The van der Waals surface area contributed by atoms with Gasteiger partial charge in [-0.1, -0.05) is 0 Å². The number of halogens is 1. The van der Waals surface area contributed by atoms with Crippen molar-refractivity contribution in [3.8, 4) is 0 Å². The minimum atomic E-state index is -0.310. The van der Waals surface area contributed by atoms with E-state index in [-0.39, 0.29) is 11.4 Å². The van der Waals surface area contributed by atoms with Crippen molar-refractivity contribution in [3.63, 3.8) is 0 Å². The quantitative estimate of drug-likeness (QED) is 0.469. The SMILES string of the molecule is CC1(C)NCC[C@H]1c1cc2c(Nc3ccc4scnc4c3F)ccnc2s1. The van der Waals surface area contributed by atoms with Crippen molar-refractivity contribution in [2.75, 3.05) is 11.9 Å². The van der Waals surface area contributed by atoms with Gasteiger partial charge in [-0.05, 0) is 51.1 Å². The number of rotatable bonds is 3. The second kappa shape index (κ2) is 6.22. The number of benzene rings is 1. The standard InChI is InChI=1S/C20H19FN4S2/c1-20(2)12(5-8-24-20)16-9-11-13(6-7-22-19(11)27-16)25-14-3-4-15-18(17(14)21)23-10-26-15/h3-4,6-7,9-10,12,24H,5,8H2,1-2H3,(H,22,25)/t12-/m0/s1. The average molecular weight is 399 g/mol. The summed E-state index contributed by atoms with van der Waals surface area (Å²) in [6, 6.07) is 7.80. The van der Waals surface area contributed by atoms with Gasteiger partial charge in [-0.15, -0.1) is 22.7 Å². The molecule has 4 nitrogen and oxygen atoms in total. The number of hydrogen-bond acceptors (Lipinski definition) is 6. The van der Waals surface area contributed by atoms with Gasteiger partial charge < -0.3 is 10.6 Å². The highest BCUT2D eigenvalue weighted by molar-refractivity contribution is 7.18. The lowest BCUT2D eigenvalue weighted by Crippen LogP contribution is -2.36. The first-order chi connectivity index (χ1) is 13.0. The molecule has 1 aromatic carbocycles. The van der Waals surface area contributed by atoms with E-state index in [2.05, 4.69) is 40.5 Å². The van der Waals surface area contributed by atoms with E-state index in [4.69, 9.17) is 0 Å². The summed E-state index contributed by atoms with van der Waals surface area (Å²) in [7, 11) is 0. The molecule has 2 N–H and O–H groups in total. The molecule has 1 aliphatic rings. The van der Waals surface area contributed by atoms with Crippen molar-refractivity contribution < 1.29 is 4.39 Å². The fraction of sp³-hybridized carbons (Fsp3) is 0.300. The molecule has 0 bridgehead atoms. The third-order valence-electron chi connectivity index (χ3n) is 5.39. The van der Waals surface area contributed by atoms with Gasteiger partial charge >= 0.3 is 0 Å². The molecule has 0 saturated carbocycles. The number of hydrogen-bond donors (Lipinski definition) is 2. The summed E-state index contributed by atoms with van der Waals surface area (Å²) in [4.78, 5) is 11.0. The maximum absolute atomic E-state index is 14.8. The van der Waals surface area contributed by atoms with Gasteiger partial charge in [0.2, 0.25) is 0 Å². The van der Waals surface area contributed by atoms with E-state index >= 15 is 0 Å². The Morgan fingerprint density at radius 2 is 2.11 bits per heavy atom. The second-order valence-electron chi connectivity index (χ2n) is 7.47. The van der Waals surface area contributed by atoms with Gasteiger partial charge in [0.25, 0.3) is 0 Å². The van der Waals surface area contributed by atoms with Crippen LogP contribution in [0.4, 0.5) is 15.8 Å². The van der Waals surface area contributed by atoms with Crippen LogP contribution < -0.4 is 10.6 Å². The summed E-state index contributed by atoms with van der Waals surface area (Å²) >= 11 is 3.18. The van der Waals surface area contributed by atoms with E-state index in [1.54, 1.807) is 29.1 Å². The first kappa shape index (κ1) is 17.0. The molecule has 138 valence electrons. The Hall–Kier alpha value is -2.09. The summed E-state index contributed by atoms with van der Waals surface area (Å²) in [6.45, 7) is 5.53. The van der Waals surface area contributed by atoms with E-state index in [1.807, 2.05) is 12.1 Å². The van der Waals surface area contributed by atoms with Crippen molar-refractivity contribution in [1.82, 2.24) is 15.3 Å². The fourth-order valence-electron chi connectivity index (χ4n) is 3.90. The van der Waals surface area contributed by atoms with Crippen LogP contribution in [0.5, 0.6) is 0 Å². The first-order valence-corrected chi connectivity index (χ1v) is 10.6. The molecule has 0 radical (unpaired) electrons. The molecule has 0 spiro atoms. The lowest BCUT2D eigenvalue weighted by Gasteiger charge is -2.26. The van der Waals surface area contributed by atoms with Crippen LogP contribution in [0.1, 0.15) is 31.1 Å². The number of anilines is 2. The van der Waals surface area contributed by atoms with Crippen LogP contribution in [0.3, 0.4) is 0 Å². The molecule has 1 saturated heterocycles. The highest BCUT2D eigenvalue weighted by atomic mass is 32.1. The Morgan fingerprint density at radius 1 is 1.22 bits per heavy atom. The van der Waals surface area contributed by atoms with E-state index in [9.17, 15) is 4.39 Å². The lowest BCUT2D eigenvalue weighted by molar-refractivity contribution is 0.415. The highest BCUT2D eigenvalue weighted by Crippen LogP contribution is 2.42. The number of thiophene rings is 1. The van der Waals surface area contributed by atoms with Crippen LogP contribution in [0.15, 0.2) is 36.0 Å². The maximum atomic E-state index is 14.8. The summed E-state index contributed by atoms with van der Waals surface area (Å²) in [5.74, 6) is 0.155. The number of fused-ring (bicyclic) bond motifs is 2. The zero-order chi connectivity index (χ0) is 18.6. The predicted octanol–water partition coefficient (Wildman–Crippen LogP) is 5.64. The number of nitrogens with zero attached hydrogens (tertiary/aromatic N) is 2. The molecule has 27 heavy (non-hydrogen) atoms. The van der Waals surface area contributed by atoms with Crippen LogP contribution in [-0.2, 0) is 0 Å². The van der Waals surface area contributed by atoms with Crippen LogP contribution in [0.25, 0.3) is 20.4 Å². The van der Waals surface area contributed by atoms with Crippen LogP contribution in [-0.4, -0.2) is 22.1 Å². The van der Waals surface area contributed by atoms with Crippen LogP contribution in [0.2, 0.25) is 0 Å². The number of thiazole rings is 1. The number of pyridine rings is 1. The predicted molar refractivity (Wildman–Crippen MR) is 112 cm³/mol. The third kappa shape index (κ3) is 2.81. The Bertz CT molecular complexity index is 1150. The molecular weight excluding hydrogens is 379 g/mol. The van der Waals surface area contributed by atoms with Crippen molar-refractivity contribution in [1.29, 1.82) is 0 Å². The van der Waals surface area contributed by atoms with Gasteiger partial charge in [0, 0.05) is 27.9 Å². The zero-order valence-corrected chi connectivity index (χ0v) is 16.7. The fourth-order valence-corrected chi connectivity index (χ4v) is 5.92. The molecule has 3 aromatic heterocycles. The average Bonchev–Trinajstić information content (AvgIpc) is 3.34. The van der Waals surface area contributed by atoms with Gasteiger partial charge in [0.1, 0.15) is 10.3 Å². The topological polar surface area (TPSA) is 49.8 Å². The van der Waals surface area contributed by atoms with E-state index < -0.39 is 0 Å². The normalized spacial score (nSPS) is 19.1. The summed E-state index contributed by atoms with van der Waals surface area (Å²) in [5, 5.41) is 7.88. The molecule has 4 heterocycles. The van der Waals surface area contributed by atoms with Gasteiger partial charge in [0.05, 0.1) is 21.6 Å². The summed E-state index contributed by atoms with van der Waals surface area (Å²) in [6.07, 6.45) is 2.90. The zero-order valence-electron chi connectivity index (χ0n) is 15.0. The lowest BCUT2D eigenvalue weighted by atomic mass is 9.88. The molecule has 0 aliphatic carbocycles. The smallest absolute Gasteiger partial charge is 0.173 e. The third-order valence-corrected chi connectivity index (χ3v) is 7.34. The Kier molecular flexibility index (Phi) is 3.93. The second-order valence-corrected chi connectivity index (χ2v) is 9.42. The van der Waals surface area contributed by atoms with Crippen LogP contribution >= 0.6 is 22.7 Å². The van der Waals surface area contributed by atoms with Gasteiger partial charge in [-0.25, -0.2) is 14.4 Å². The largest absolute Gasteiger partial charge is 0.352 e. The Labute approximate surface area is 164 Å². The molecule has 5 rings (SSSR count). The molecule has 0 unspecified atom stereocenters. The van der Waals surface area contributed by atoms with Crippen molar-refractivity contribution in [2.45, 2.75) is 31.7 Å². The van der Waals surface area contributed by atoms with Crippen molar-refractivity contribution >= 4 is 54.5 Å². The van der Waals surface area contributed by atoms with E-state index in [1.165, 1.54) is 16.2 Å². The monoisotopic (exact) mass is 398 g/mol. The summed E-state index contributed by atoms with van der Waals surface area (Å²) in [5.41, 5.74) is 3.48. The minimum Gasteiger partial charge on any atom is -0.352 e. The molecule has 7 heteroatoms. The molecule has 4 aromatic rings. The maximum Gasteiger partial charge on any atom is 0.173 e. The van der Waals surface area contributed by atoms with Crippen molar-refractivity contribution in [2.24, 2.45) is 0 Å². The van der Waals surface area contributed by atoms with Crippen molar-refractivity contribution in [3.05, 3.63) is 46.7 Å². The minimum absolute atomic E-state index is 0.0796. The van der Waals surface area contributed by atoms with E-state index in [0.717, 1.165) is 33.6 Å². The summed E-state index contributed by atoms with van der Waals surface area (Å²) < 4.78 is 15.7. The molecule has 1 fully saturated rings. The van der Waals surface area contributed by atoms with Gasteiger partial charge in [0.15, 0.2) is 5.82 Å². The van der Waals surface area contributed by atoms with Crippen LogP contribution in [0, 0.1) is 5.82 Å². The highest BCUT2D eigenvalue weighted by Gasteiger charge is 2.36. The molecular formula is C20H19FN4S2. The number of nitrogens with one attached hydrogen (secondary N) is 2. The van der Waals surface area contributed by atoms with Gasteiger partial charge in [-0.3, -0.25) is 0 Å². The number of aromatic nitrogens is 2. The Morgan fingerprint density at radius 3 is 2.93 bits per heavy atom. The molecule has 0 amide bonds. The molecule has 1 atom stereocenters. The Balaban J connectivity index is 1.56.